The number of benzene rings is 2. The Morgan fingerprint density at radius 1 is 1.10 bits per heavy atom. The number of aliphatic imine (C=N–C) groups is 1. The second-order valence-corrected chi connectivity index (χ2v) is 7.17. The summed E-state index contributed by atoms with van der Waals surface area (Å²) in [6.45, 7) is 3.62. The van der Waals surface area contributed by atoms with E-state index in [0.717, 1.165) is 44.5 Å². The van der Waals surface area contributed by atoms with E-state index in [1.54, 1.807) is 7.05 Å². The highest BCUT2D eigenvalue weighted by Gasteiger charge is 2.20. The minimum atomic E-state index is -0.551. The fraction of sp³-hybridized carbons (Fsp3) is 0.409. The molecule has 3 rings (SSSR count). The summed E-state index contributed by atoms with van der Waals surface area (Å²) in [6.07, 6.45) is 2.59. The molecule has 1 aliphatic heterocycles. The zero-order chi connectivity index (χ0) is 19.8. The van der Waals surface area contributed by atoms with Crippen LogP contribution < -0.4 is 10.6 Å². The molecule has 0 amide bonds. The Morgan fingerprint density at radius 2 is 1.83 bits per heavy atom. The minimum absolute atomic E-state index is 0. The van der Waals surface area contributed by atoms with Crippen molar-refractivity contribution in [2.75, 3.05) is 26.7 Å². The quantitative estimate of drug-likeness (QED) is 0.349. The van der Waals surface area contributed by atoms with E-state index < -0.39 is 11.6 Å². The lowest BCUT2D eigenvalue weighted by atomic mass is 10.0. The normalized spacial score (nSPS) is 15.6. The monoisotopic (exact) mass is 514 g/mol. The number of guanidine groups is 1. The van der Waals surface area contributed by atoms with Crippen LogP contribution in [0.2, 0.25) is 0 Å². The van der Waals surface area contributed by atoms with E-state index in [0.29, 0.717) is 24.6 Å². The highest BCUT2D eigenvalue weighted by Crippen LogP contribution is 2.14. The first-order valence-electron chi connectivity index (χ1n) is 9.81. The van der Waals surface area contributed by atoms with Crippen LogP contribution in [-0.4, -0.2) is 43.6 Å². The first-order valence-corrected chi connectivity index (χ1v) is 9.81. The molecule has 0 aliphatic carbocycles. The summed E-state index contributed by atoms with van der Waals surface area (Å²) in [4.78, 5) is 6.74. The van der Waals surface area contributed by atoms with E-state index in [1.165, 1.54) is 17.7 Å². The third kappa shape index (κ3) is 7.54. The van der Waals surface area contributed by atoms with Gasteiger partial charge in [-0.1, -0.05) is 36.4 Å². The van der Waals surface area contributed by atoms with Crippen LogP contribution in [0.3, 0.4) is 0 Å². The maximum absolute atomic E-state index is 13.7. The molecular formula is C22H29F2IN4. The lowest BCUT2D eigenvalue weighted by Crippen LogP contribution is -2.48. The van der Waals surface area contributed by atoms with Crippen LogP contribution in [0.1, 0.15) is 24.0 Å². The molecule has 2 N–H and O–H groups in total. The Labute approximate surface area is 188 Å². The van der Waals surface area contributed by atoms with Gasteiger partial charge in [0, 0.05) is 45.3 Å². The zero-order valence-electron chi connectivity index (χ0n) is 16.7. The van der Waals surface area contributed by atoms with Crippen LogP contribution in [-0.2, 0) is 13.0 Å². The summed E-state index contributed by atoms with van der Waals surface area (Å²) >= 11 is 0. The number of hydrogen-bond donors (Lipinski definition) is 2. The highest BCUT2D eigenvalue weighted by atomic mass is 127. The van der Waals surface area contributed by atoms with Gasteiger partial charge in [-0.05, 0) is 36.5 Å². The average Bonchev–Trinajstić information content (AvgIpc) is 2.71. The van der Waals surface area contributed by atoms with Gasteiger partial charge in [-0.3, -0.25) is 9.89 Å². The highest BCUT2D eigenvalue weighted by molar-refractivity contribution is 14.0. The van der Waals surface area contributed by atoms with Gasteiger partial charge in [0.15, 0.2) is 5.96 Å². The molecule has 29 heavy (non-hydrogen) atoms. The molecule has 0 spiro atoms. The van der Waals surface area contributed by atoms with Crippen molar-refractivity contribution in [3.63, 3.8) is 0 Å². The Morgan fingerprint density at radius 3 is 2.48 bits per heavy atom. The number of rotatable bonds is 6. The Kier molecular flexibility index (Phi) is 9.80. The Balaban J connectivity index is 0.00000300. The SMILES string of the molecule is CN=C(NCCc1ccc(F)cc1F)NC1CCN(Cc2ccccc2)CC1.I. The molecule has 1 aliphatic rings. The number of piperidine rings is 1. The molecule has 4 nitrogen and oxygen atoms in total. The van der Waals surface area contributed by atoms with E-state index >= 15 is 0 Å². The number of nitrogens with one attached hydrogen (secondary N) is 2. The molecule has 7 heteroatoms. The molecule has 158 valence electrons. The molecule has 0 bridgehead atoms. The minimum Gasteiger partial charge on any atom is -0.356 e. The Hall–Kier alpha value is -1.74. The summed E-state index contributed by atoms with van der Waals surface area (Å²) in [6, 6.07) is 14.6. The van der Waals surface area contributed by atoms with Gasteiger partial charge in [0.25, 0.3) is 0 Å². The maximum Gasteiger partial charge on any atom is 0.191 e. The third-order valence-corrected chi connectivity index (χ3v) is 5.10. The molecule has 1 fully saturated rings. The summed E-state index contributed by atoms with van der Waals surface area (Å²) in [5, 5.41) is 6.68. The lowest BCUT2D eigenvalue weighted by molar-refractivity contribution is 0.198. The fourth-order valence-electron chi connectivity index (χ4n) is 3.51. The predicted molar refractivity (Wildman–Crippen MR) is 125 cm³/mol. The van der Waals surface area contributed by atoms with Gasteiger partial charge >= 0.3 is 0 Å². The van der Waals surface area contributed by atoms with E-state index in [9.17, 15) is 8.78 Å². The standard InChI is InChI=1S/C22H28F2N4.HI/c1-25-22(26-12-9-18-7-8-19(23)15-21(18)24)27-20-10-13-28(14-11-20)16-17-5-3-2-4-6-17;/h2-8,15,20H,9-14,16H2,1H3,(H2,25,26,27);1H. The molecule has 1 saturated heterocycles. The van der Waals surface area contributed by atoms with Crippen molar-refractivity contribution < 1.29 is 8.78 Å². The van der Waals surface area contributed by atoms with Gasteiger partial charge in [0.1, 0.15) is 11.6 Å². The largest absolute Gasteiger partial charge is 0.356 e. The van der Waals surface area contributed by atoms with Crippen molar-refractivity contribution in [3.05, 3.63) is 71.3 Å². The van der Waals surface area contributed by atoms with Crippen molar-refractivity contribution in [2.45, 2.75) is 31.8 Å². The smallest absolute Gasteiger partial charge is 0.191 e. The number of hydrogen-bond acceptors (Lipinski definition) is 2. The Bertz CT molecular complexity index is 778. The van der Waals surface area contributed by atoms with Crippen LogP contribution in [0.25, 0.3) is 0 Å². The molecule has 0 saturated carbocycles. The molecule has 0 radical (unpaired) electrons. The van der Waals surface area contributed by atoms with Gasteiger partial charge in [0.05, 0.1) is 0 Å². The van der Waals surface area contributed by atoms with Crippen molar-refractivity contribution in [2.24, 2.45) is 4.99 Å². The molecule has 0 unspecified atom stereocenters. The van der Waals surface area contributed by atoms with Gasteiger partial charge in [-0.2, -0.15) is 0 Å². The molecule has 0 atom stereocenters. The van der Waals surface area contributed by atoms with E-state index in [-0.39, 0.29) is 24.0 Å². The molecule has 2 aromatic carbocycles. The van der Waals surface area contributed by atoms with Crippen molar-refractivity contribution >= 4 is 29.9 Å². The zero-order valence-corrected chi connectivity index (χ0v) is 19.0. The summed E-state index contributed by atoms with van der Waals surface area (Å²) in [7, 11) is 1.73. The van der Waals surface area contributed by atoms with Crippen LogP contribution in [0.15, 0.2) is 53.5 Å². The van der Waals surface area contributed by atoms with Crippen LogP contribution in [0, 0.1) is 11.6 Å². The van der Waals surface area contributed by atoms with Gasteiger partial charge in [-0.25, -0.2) is 8.78 Å². The number of likely N-dealkylation sites (tertiary alicyclic amines) is 1. The first kappa shape index (κ1) is 23.5. The summed E-state index contributed by atoms with van der Waals surface area (Å²) in [5.41, 5.74) is 1.85. The predicted octanol–water partition coefficient (Wildman–Crippen LogP) is 3.95. The van der Waals surface area contributed by atoms with E-state index in [1.807, 2.05) is 6.07 Å². The average molecular weight is 514 g/mol. The maximum atomic E-state index is 13.7. The molecule has 1 heterocycles. The topological polar surface area (TPSA) is 39.7 Å². The van der Waals surface area contributed by atoms with Crippen molar-refractivity contribution in [3.8, 4) is 0 Å². The fourth-order valence-corrected chi connectivity index (χ4v) is 3.51. The second kappa shape index (κ2) is 12.1. The summed E-state index contributed by atoms with van der Waals surface area (Å²) < 4.78 is 26.7. The molecule has 0 aromatic heterocycles. The van der Waals surface area contributed by atoms with Crippen molar-refractivity contribution in [1.82, 2.24) is 15.5 Å². The molecular weight excluding hydrogens is 485 g/mol. The number of nitrogens with zero attached hydrogens (tertiary/aromatic N) is 2. The third-order valence-electron chi connectivity index (χ3n) is 5.10. The summed E-state index contributed by atoms with van der Waals surface area (Å²) in [5.74, 6) is -0.329. The van der Waals surface area contributed by atoms with Gasteiger partial charge < -0.3 is 10.6 Å². The lowest BCUT2D eigenvalue weighted by Gasteiger charge is -2.33. The van der Waals surface area contributed by atoms with Crippen LogP contribution in [0.5, 0.6) is 0 Å². The van der Waals surface area contributed by atoms with Gasteiger partial charge in [-0.15, -0.1) is 24.0 Å². The van der Waals surface area contributed by atoms with E-state index in [4.69, 9.17) is 0 Å². The van der Waals surface area contributed by atoms with Crippen LogP contribution >= 0.6 is 24.0 Å². The van der Waals surface area contributed by atoms with Crippen LogP contribution in [0.4, 0.5) is 8.78 Å². The molecule has 2 aromatic rings. The van der Waals surface area contributed by atoms with Crippen molar-refractivity contribution in [1.29, 1.82) is 0 Å². The first-order chi connectivity index (χ1) is 13.6. The number of halogens is 3. The van der Waals surface area contributed by atoms with Gasteiger partial charge in [0.2, 0.25) is 0 Å². The second-order valence-electron chi connectivity index (χ2n) is 7.17. The van der Waals surface area contributed by atoms with E-state index in [2.05, 4.69) is 44.8 Å².